The minimum Gasteiger partial charge on any atom is -0.354 e. The van der Waals surface area contributed by atoms with Crippen molar-refractivity contribution in [2.45, 2.75) is 13.5 Å². The Labute approximate surface area is 190 Å². The second kappa shape index (κ2) is 8.80. The number of hydrogen-bond donors (Lipinski definition) is 3. The first-order chi connectivity index (χ1) is 16.1. The Morgan fingerprint density at radius 3 is 2.55 bits per heavy atom. The highest BCUT2D eigenvalue weighted by Crippen LogP contribution is 2.38. The lowest BCUT2D eigenvalue weighted by atomic mass is 9.99. The van der Waals surface area contributed by atoms with E-state index >= 15 is 0 Å². The van der Waals surface area contributed by atoms with Crippen molar-refractivity contribution < 1.29 is 9.18 Å². The van der Waals surface area contributed by atoms with E-state index in [0.29, 0.717) is 28.0 Å². The number of aromatic nitrogens is 2. The number of anilines is 2. The fraction of sp³-hybridized carbons (Fsp3) is 0.115. The molecule has 0 fully saturated rings. The van der Waals surface area contributed by atoms with Crippen LogP contribution in [0.1, 0.15) is 23.6 Å². The highest BCUT2D eigenvalue weighted by Gasteiger charge is 2.29. The Balaban J connectivity index is 1.63. The third kappa shape index (κ3) is 4.18. The maximum absolute atomic E-state index is 13.8. The van der Waals surface area contributed by atoms with E-state index in [9.17, 15) is 9.18 Å². The van der Waals surface area contributed by atoms with E-state index in [2.05, 4.69) is 32.8 Å². The van der Waals surface area contributed by atoms with Gasteiger partial charge in [-0.05, 0) is 54.6 Å². The third-order valence-electron chi connectivity index (χ3n) is 5.54. The fourth-order valence-electron chi connectivity index (χ4n) is 3.91. The van der Waals surface area contributed by atoms with Crippen LogP contribution in [0.5, 0.6) is 0 Å². The van der Waals surface area contributed by atoms with Gasteiger partial charge in [0.25, 0.3) is 5.91 Å². The largest absolute Gasteiger partial charge is 0.354 e. The monoisotopic (exact) mass is 439 g/mol. The molecule has 4 aromatic rings. The summed E-state index contributed by atoms with van der Waals surface area (Å²) in [6.07, 6.45) is 3.28. The molecule has 0 aliphatic carbocycles. The van der Waals surface area contributed by atoms with E-state index in [4.69, 9.17) is 0 Å². The van der Waals surface area contributed by atoms with Crippen LogP contribution in [-0.4, -0.2) is 22.4 Å². The van der Waals surface area contributed by atoms with Gasteiger partial charge in [-0.1, -0.05) is 25.1 Å². The second-order valence-corrected chi connectivity index (χ2v) is 7.76. The van der Waals surface area contributed by atoms with E-state index in [1.807, 2.05) is 42.5 Å². The van der Waals surface area contributed by atoms with Gasteiger partial charge in [0.1, 0.15) is 5.82 Å². The maximum Gasteiger partial charge on any atom is 0.258 e. The molecule has 33 heavy (non-hydrogen) atoms. The van der Waals surface area contributed by atoms with Gasteiger partial charge in [0.05, 0.1) is 28.0 Å². The molecule has 0 saturated carbocycles. The maximum atomic E-state index is 13.8. The fourth-order valence-corrected chi connectivity index (χ4v) is 3.91. The van der Waals surface area contributed by atoms with Crippen molar-refractivity contribution in [1.82, 2.24) is 15.3 Å². The molecule has 0 radical (unpaired) electrons. The molecular formula is C26H22FN5O. The summed E-state index contributed by atoms with van der Waals surface area (Å²) in [6, 6.07) is 18.0. The SMILES string of the molecule is CCNCc1ccc(NC(=C2C(=O)Nc3cc(F)ccc32)c2ccc3nccnc3c2)cc1. The molecule has 3 aromatic carbocycles. The van der Waals surface area contributed by atoms with E-state index in [1.54, 1.807) is 18.5 Å². The Morgan fingerprint density at radius 1 is 0.970 bits per heavy atom. The van der Waals surface area contributed by atoms with Crippen LogP contribution in [0.4, 0.5) is 15.8 Å². The van der Waals surface area contributed by atoms with Gasteiger partial charge in [-0.25, -0.2) is 4.39 Å². The van der Waals surface area contributed by atoms with Crippen molar-refractivity contribution in [3.05, 3.63) is 95.6 Å². The minimum absolute atomic E-state index is 0.291. The smallest absolute Gasteiger partial charge is 0.258 e. The molecule has 164 valence electrons. The summed E-state index contributed by atoms with van der Waals surface area (Å²) < 4.78 is 13.8. The van der Waals surface area contributed by atoms with E-state index in [-0.39, 0.29) is 5.91 Å². The van der Waals surface area contributed by atoms with E-state index in [1.165, 1.54) is 12.1 Å². The lowest BCUT2D eigenvalue weighted by Gasteiger charge is -2.16. The molecule has 2 heterocycles. The molecule has 0 spiro atoms. The summed E-state index contributed by atoms with van der Waals surface area (Å²) in [4.78, 5) is 21.8. The van der Waals surface area contributed by atoms with Gasteiger partial charge < -0.3 is 16.0 Å². The molecular weight excluding hydrogens is 417 g/mol. The van der Waals surface area contributed by atoms with E-state index < -0.39 is 5.82 Å². The number of nitrogens with zero attached hydrogens (tertiary/aromatic N) is 2. The Morgan fingerprint density at radius 2 is 1.76 bits per heavy atom. The quantitative estimate of drug-likeness (QED) is 0.376. The number of benzene rings is 3. The van der Waals surface area contributed by atoms with Gasteiger partial charge >= 0.3 is 0 Å². The second-order valence-electron chi connectivity index (χ2n) is 7.76. The van der Waals surface area contributed by atoms with Crippen LogP contribution in [0.25, 0.3) is 22.3 Å². The first-order valence-corrected chi connectivity index (χ1v) is 10.8. The molecule has 0 saturated heterocycles. The van der Waals surface area contributed by atoms with Crippen molar-refractivity contribution >= 4 is 39.6 Å². The summed E-state index contributed by atoms with van der Waals surface area (Å²) in [6.45, 7) is 3.75. The Bertz CT molecular complexity index is 1380. The first-order valence-electron chi connectivity index (χ1n) is 10.8. The predicted molar refractivity (Wildman–Crippen MR) is 129 cm³/mol. The van der Waals surface area contributed by atoms with Gasteiger partial charge in [0.15, 0.2) is 0 Å². The number of amides is 1. The van der Waals surface area contributed by atoms with Gasteiger partial charge in [-0.3, -0.25) is 14.8 Å². The summed E-state index contributed by atoms with van der Waals surface area (Å²) >= 11 is 0. The number of fused-ring (bicyclic) bond motifs is 2. The number of carbonyl (C=O) groups is 1. The molecule has 1 aliphatic rings. The van der Waals surface area contributed by atoms with Crippen LogP contribution in [0.15, 0.2) is 73.1 Å². The lowest BCUT2D eigenvalue weighted by Crippen LogP contribution is -2.12. The summed E-state index contributed by atoms with van der Waals surface area (Å²) in [7, 11) is 0. The van der Waals surface area contributed by atoms with Crippen molar-refractivity contribution in [2.24, 2.45) is 0 Å². The molecule has 1 aliphatic heterocycles. The molecule has 5 rings (SSSR count). The van der Waals surface area contributed by atoms with Crippen LogP contribution in [-0.2, 0) is 11.3 Å². The van der Waals surface area contributed by atoms with Gasteiger partial charge in [-0.2, -0.15) is 0 Å². The van der Waals surface area contributed by atoms with Gasteiger partial charge in [-0.15, -0.1) is 0 Å². The molecule has 0 atom stereocenters. The van der Waals surface area contributed by atoms with E-state index in [0.717, 1.165) is 35.4 Å². The zero-order valence-corrected chi connectivity index (χ0v) is 18.0. The Hall–Kier alpha value is -4.10. The standard InChI is InChI=1S/C26H22FN5O/c1-2-28-15-16-3-7-19(8-4-16)31-25(17-5-10-21-23(13-17)30-12-11-29-21)24-20-9-6-18(27)14-22(20)32-26(24)33/h3-14,28,31H,2,15H2,1H3,(H,32,33). The third-order valence-corrected chi connectivity index (χ3v) is 5.54. The zero-order chi connectivity index (χ0) is 22.8. The predicted octanol–water partition coefficient (Wildman–Crippen LogP) is 4.81. The van der Waals surface area contributed by atoms with Crippen LogP contribution >= 0.6 is 0 Å². The highest BCUT2D eigenvalue weighted by molar-refractivity contribution is 6.37. The van der Waals surface area contributed by atoms with Crippen LogP contribution in [0.3, 0.4) is 0 Å². The van der Waals surface area contributed by atoms with Gasteiger partial charge in [0, 0.05) is 35.8 Å². The summed E-state index contributed by atoms with van der Waals surface area (Å²) in [5.74, 6) is -0.692. The van der Waals surface area contributed by atoms with Crippen LogP contribution in [0.2, 0.25) is 0 Å². The molecule has 0 unspecified atom stereocenters. The topological polar surface area (TPSA) is 78.9 Å². The zero-order valence-electron chi connectivity index (χ0n) is 18.0. The number of nitrogens with one attached hydrogen (secondary N) is 3. The van der Waals surface area contributed by atoms with Gasteiger partial charge in [0.2, 0.25) is 0 Å². The lowest BCUT2D eigenvalue weighted by molar-refractivity contribution is -0.110. The average molecular weight is 439 g/mol. The van der Waals surface area contributed by atoms with Crippen molar-refractivity contribution in [1.29, 1.82) is 0 Å². The number of halogens is 1. The minimum atomic E-state index is -0.401. The van der Waals surface area contributed by atoms with Crippen molar-refractivity contribution in [3.63, 3.8) is 0 Å². The molecule has 6 nitrogen and oxygen atoms in total. The Kier molecular flexibility index (Phi) is 5.54. The molecule has 1 amide bonds. The normalized spacial score (nSPS) is 14.2. The highest BCUT2D eigenvalue weighted by atomic mass is 19.1. The van der Waals surface area contributed by atoms with Crippen LogP contribution < -0.4 is 16.0 Å². The first kappa shape index (κ1) is 20.8. The van der Waals surface area contributed by atoms with Crippen molar-refractivity contribution in [3.8, 4) is 0 Å². The average Bonchev–Trinajstić information content (AvgIpc) is 3.16. The van der Waals surface area contributed by atoms with Crippen molar-refractivity contribution in [2.75, 3.05) is 17.2 Å². The summed E-state index contributed by atoms with van der Waals surface area (Å²) in [5, 5.41) is 9.52. The van der Waals surface area contributed by atoms with Crippen LogP contribution in [0, 0.1) is 5.82 Å². The molecule has 7 heteroatoms. The summed E-state index contributed by atoms with van der Waals surface area (Å²) in [5.41, 5.74) is 6.42. The number of carbonyl (C=O) groups excluding carboxylic acids is 1. The molecule has 3 N–H and O–H groups in total. The number of hydrogen-bond acceptors (Lipinski definition) is 5. The number of rotatable bonds is 6. The molecule has 1 aromatic heterocycles. The molecule has 0 bridgehead atoms.